The molecule has 0 spiro atoms. The summed E-state index contributed by atoms with van der Waals surface area (Å²) in [6, 6.07) is 9.00. The molecule has 110 valence electrons. The number of ether oxygens (including phenoxy) is 1. The Morgan fingerprint density at radius 2 is 2.05 bits per heavy atom. The van der Waals surface area contributed by atoms with Gasteiger partial charge in [0.25, 0.3) is 0 Å². The van der Waals surface area contributed by atoms with Crippen LogP contribution in [-0.4, -0.2) is 4.92 Å². The van der Waals surface area contributed by atoms with E-state index in [1.165, 1.54) is 18.2 Å². The SMILES string of the molecule is NCc1ccc(OCc2ccc(Br)cc2F)c([N+](=O)[O-])c1. The molecule has 2 rings (SSSR count). The highest BCUT2D eigenvalue weighted by atomic mass is 79.9. The van der Waals surface area contributed by atoms with Crippen molar-refractivity contribution in [2.45, 2.75) is 13.2 Å². The fourth-order valence-electron chi connectivity index (χ4n) is 1.75. The van der Waals surface area contributed by atoms with Gasteiger partial charge in [-0.15, -0.1) is 0 Å². The largest absolute Gasteiger partial charge is 0.482 e. The molecule has 0 saturated carbocycles. The number of hydrogen-bond donors (Lipinski definition) is 1. The minimum absolute atomic E-state index is 0.0829. The van der Waals surface area contributed by atoms with E-state index in [9.17, 15) is 14.5 Å². The lowest BCUT2D eigenvalue weighted by atomic mass is 10.2. The first-order valence-corrected chi connectivity index (χ1v) is 6.84. The molecule has 21 heavy (non-hydrogen) atoms. The van der Waals surface area contributed by atoms with Gasteiger partial charge in [-0.3, -0.25) is 10.1 Å². The van der Waals surface area contributed by atoms with Gasteiger partial charge in [0.1, 0.15) is 12.4 Å². The quantitative estimate of drug-likeness (QED) is 0.657. The Morgan fingerprint density at radius 3 is 2.67 bits per heavy atom. The third kappa shape index (κ3) is 3.77. The Morgan fingerprint density at radius 1 is 1.29 bits per heavy atom. The van der Waals surface area contributed by atoms with Gasteiger partial charge in [0.05, 0.1) is 4.92 Å². The van der Waals surface area contributed by atoms with Gasteiger partial charge < -0.3 is 10.5 Å². The molecule has 0 bridgehead atoms. The third-order valence-corrected chi connectivity index (χ3v) is 3.35. The van der Waals surface area contributed by atoms with Crippen LogP contribution in [0.1, 0.15) is 11.1 Å². The molecule has 0 aliphatic rings. The van der Waals surface area contributed by atoms with Gasteiger partial charge in [-0.1, -0.05) is 28.1 Å². The molecule has 2 N–H and O–H groups in total. The van der Waals surface area contributed by atoms with Gasteiger partial charge in [-0.05, 0) is 23.8 Å². The molecule has 0 fully saturated rings. The van der Waals surface area contributed by atoms with Crippen molar-refractivity contribution < 1.29 is 14.1 Å². The van der Waals surface area contributed by atoms with Crippen molar-refractivity contribution in [3.63, 3.8) is 0 Å². The lowest BCUT2D eigenvalue weighted by molar-refractivity contribution is -0.386. The van der Waals surface area contributed by atoms with Crippen molar-refractivity contribution in [3.05, 3.63) is 67.9 Å². The summed E-state index contributed by atoms with van der Waals surface area (Å²) in [5, 5.41) is 11.0. The van der Waals surface area contributed by atoms with Crippen molar-refractivity contribution in [2.24, 2.45) is 5.73 Å². The number of nitro benzene ring substituents is 1. The van der Waals surface area contributed by atoms with E-state index in [-0.39, 0.29) is 24.6 Å². The lowest BCUT2D eigenvalue weighted by Crippen LogP contribution is -2.03. The summed E-state index contributed by atoms with van der Waals surface area (Å²) in [7, 11) is 0. The first-order chi connectivity index (χ1) is 10.0. The van der Waals surface area contributed by atoms with Crippen molar-refractivity contribution in [2.75, 3.05) is 0 Å². The van der Waals surface area contributed by atoms with Crippen LogP contribution < -0.4 is 10.5 Å². The van der Waals surface area contributed by atoms with E-state index in [1.807, 2.05) is 0 Å². The fraction of sp³-hybridized carbons (Fsp3) is 0.143. The highest BCUT2D eigenvalue weighted by molar-refractivity contribution is 9.10. The standard InChI is InChI=1S/C14H12BrFN2O3/c15-11-3-2-10(12(16)6-11)8-21-14-4-1-9(7-17)5-13(14)18(19)20/h1-6H,7-8,17H2. The van der Waals surface area contributed by atoms with E-state index in [0.29, 0.717) is 15.6 Å². The number of nitro groups is 1. The monoisotopic (exact) mass is 354 g/mol. The van der Waals surface area contributed by atoms with Crippen LogP contribution in [0.5, 0.6) is 5.75 Å². The molecule has 0 unspecified atom stereocenters. The molecule has 2 aromatic carbocycles. The zero-order valence-electron chi connectivity index (χ0n) is 10.9. The van der Waals surface area contributed by atoms with Crippen LogP contribution in [0.3, 0.4) is 0 Å². The van der Waals surface area contributed by atoms with Crippen LogP contribution in [0.25, 0.3) is 0 Å². The minimum atomic E-state index is -0.549. The summed E-state index contributed by atoms with van der Waals surface area (Å²) in [4.78, 5) is 10.5. The first-order valence-electron chi connectivity index (χ1n) is 6.05. The van der Waals surface area contributed by atoms with Crippen molar-refractivity contribution >= 4 is 21.6 Å². The molecule has 2 aromatic rings. The Labute approximate surface area is 128 Å². The molecule has 0 aliphatic carbocycles. The van der Waals surface area contributed by atoms with Crippen LogP contribution in [0.4, 0.5) is 10.1 Å². The summed E-state index contributed by atoms with van der Waals surface area (Å²) in [6.07, 6.45) is 0. The Bertz CT molecular complexity index is 679. The fourth-order valence-corrected chi connectivity index (χ4v) is 2.08. The molecule has 0 aromatic heterocycles. The molecule has 0 saturated heterocycles. The second-order valence-corrected chi connectivity index (χ2v) is 5.20. The van der Waals surface area contributed by atoms with E-state index in [2.05, 4.69) is 15.9 Å². The average molecular weight is 355 g/mol. The Kier molecular flexibility index (Phi) is 4.87. The third-order valence-electron chi connectivity index (χ3n) is 2.85. The molecule has 0 radical (unpaired) electrons. The van der Waals surface area contributed by atoms with Gasteiger partial charge >= 0.3 is 5.69 Å². The molecule has 0 amide bonds. The Hall–Kier alpha value is -1.99. The molecule has 5 nitrogen and oxygen atoms in total. The van der Waals surface area contributed by atoms with Gasteiger partial charge in [0.2, 0.25) is 0 Å². The van der Waals surface area contributed by atoms with Gasteiger partial charge in [0.15, 0.2) is 5.75 Å². The van der Waals surface area contributed by atoms with Crippen LogP contribution in [0.15, 0.2) is 40.9 Å². The smallest absolute Gasteiger partial charge is 0.311 e. The van der Waals surface area contributed by atoms with Crippen LogP contribution in [0, 0.1) is 15.9 Å². The molecule has 0 aliphatic heterocycles. The normalized spacial score (nSPS) is 10.4. The molecule has 7 heteroatoms. The summed E-state index contributed by atoms with van der Waals surface area (Å²) < 4.78 is 19.7. The predicted octanol–water partition coefficient (Wildman–Crippen LogP) is 3.53. The number of hydrogen-bond acceptors (Lipinski definition) is 4. The zero-order valence-corrected chi connectivity index (χ0v) is 12.5. The van der Waals surface area contributed by atoms with Crippen LogP contribution in [0.2, 0.25) is 0 Å². The lowest BCUT2D eigenvalue weighted by Gasteiger charge is -2.09. The second-order valence-electron chi connectivity index (χ2n) is 4.29. The summed E-state index contributed by atoms with van der Waals surface area (Å²) in [5.74, 6) is -0.356. The van der Waals surface area contributed by atoms with E-state index in [0.717, 1.165) is 0 Å². The highest BCUT2D eigenvalue weighted by Gasteiger charge is 2.16. The average Bonchev–Trinajstić information content (AvgIpc) is 2.46. The predicted molar refractivity (Wildman–Crippen MR) is 79.4 cm³/mol. The number of benzene rings is 2. The van der Waals surface area contributed by atoms with Gasteiger partial charge in [-0.25, -0.2) is 4.39 Å². The second kappa shape index (κ2) is 6.64. The zero-order chi connectivity index (χ0) is 15.4. The number of rotatable bonds is 5. The summed E-state index contributed by atoms with van der Waals surface area (Å²) in [5.41, 5.74) is 6.21. The maximum Gasteiger partial charge on any atom is 0.311 e. The van der Waals surface area contributed by atoms with E-state index in [1.54, 1.807) is 18.2 Å². The maximum absolute atomic E-state index is 13.7. The van der Waals surface area contributed by atoms with Gasteiger partial charge in [0, 0.05) is 22.6 Å². The van der Waals surface area contributed by atoms with Crippen molar-refractivity contribution in [1.29, 1.82) is 0 Å². The summed E-state index contributed by atoms with van der Waals surface area (Å²) >= 11 is 3.16. The highest BCUT2D eigenvalue weighted by Crippen LogP contribution is 2.29. The Balaban J connectivity index is 2.21. The first kappa shape index (κ1) is 15.4. The number of halogens is 2. The number of nitrogens with zero attached hydrogens (tertiary/aromatic N) is 1. The molecular weight excluding hydrogens is 343 g/mol. The van der Waals surface area contributed by atoms with E-state index < -0.39 is 10.7 Å². The van der Waals surface area contributed by atoms with E-state index in [4.69, 9.17) is 10.5 Å². The molecule has 0 heterocycles. The minimum Gasteiger partial charge on any atom is -0.482 e. The molecule has 0 atom stereocenters. The van der Waals surface area contributed by atoms with E-state index >= 15 is 0 Å². The van der Waals surface area contributed by atoms with Crippen molar-refractivity contribution in [3.8, 4) is 5.75 Å². The van der Waals surface area contributed by atoms with Crippen molar-refractivity contribution in [1.82, 2.24) is 0 Å². The van der Waals surface area contributed by atoms with Gasteiger partial charge in [-0.2, -0.15) is 0 Å². The van der Waals surface area contributed by atoms with Crippen LogP contribution >= 0.6 is 15.9 Å². The number of nitrogens with two attached hydrogens (primary N) is 1. The molecular formula is C14H12BrFN2O3. The topological polar surface area (TPSA) is 78.4 Å². The summed E-state index contributed by atoms with van der Waals surface area (Å²) in [6.45, 7) is 0.102. The van der Waals surface area contributed by atoms with Crippen LogP contribution in [-0.2, 0) is 13.2 Å². The maximum atomic E-state index is 13.7.